The number of methoxy groups -OCH3 is 2. The van der Waals surface area contributed by atoms with Gasteiger partial charge in [-0.25, -0.2) is 0 Å². The molecule has 0 fully saturated rings. The van der Waals surface area contributed by atoms with Crippen molar-refractivity contribution in [3.63, 3.8) is 0 Å². The van der Waals surface area contributed by atoms with Crippen LogP contribution in [0.5, 0.6) is 11.5 Å². The van der Waals surface area contributed by atoms with E-state index in [-0.39, 0.29) is 16.8 Å². The van der Waals surface area contributed by atoms with Crippen LogP contribution in [-0.4, -0.2) is 32.1 Å². The smallest absolute Gasteiger partial charge is 0.259 e. The zero-order chi connectivity index (χ0) is 23.5. The number of nitrogens with zero attached hydrogens (tertiary/aromatic N) is 1. The quantitative estimate of drug-likeness (QED) is 0.558. The summed E-state index contributed by atoms with van der Waals surface area (Å²) in [7, 11) is 2.97. The molecule has 170 valence electrons. The Balaban J connectivity index is 1.73. The normalized spacial score (nSPS) is 14.9. The summed E-state index contributed by atoms with van der Waals surface area (Å²) in [6, 6.07) is 17.6. The molecule has 0 bridgehead atoms. The Morgan fingerprint density at radius 1 is 1.03 bits per heavy atom. The summed E-state index contributed by atoms with van der Waals surface area (Å²) in [5.74, 6) is 0.116. The maximum absolute atomic E-state index is 13.8. The zero-order valence-electron chi connectivity index (χ0n) is 18.7. The van der Waals surface area contributed by atoms with Crippen LogP contribution < -0.4 is 19.7 Å². The van der Waals surface area contributed by atoms with Crippen molar-refractivity contribution in [2.24, 2.45) is 0 Å². The summed E-state index contributed by atoms with van der Waals surface area (Å²) >= 11 is 6.36. The maximum Gasteiger partial charge on any atom is 0.259 e. The minimum atomic E-state index is -0.680. The van der Waals surface area contributed by atoms with Gasteiger partial charge in [0.15, 0.2) is 11.5 Å². The molecule has 2 amide bonds. The van der Waals surface area contributed by atoms with Crippen LogP contribution in [-0.2, 0) is 11.2 Å². The van der Waals surface area contributed by atoms with Crippen molar-refractivity contribution in [2.45, 2.75) is 25.8 Å². The summed E-state index contributed by atoms with van der Waals surface area (Å²) < 4.78 is 10.7. The first-order valence-electron chi connectivity index (χ1n) is 10.6. The molecule has 1 heterocycles. The van der Waals surface area contributed by atoms with Gasteiger partial charge in [0.1, 0.15) is 6.04 Å². The monoisotopic (exact) mass is 464 g/mol. The van der Waals surface area contributed by atoms with Gasteiger partial charge in [0.25, 0.3) is 5.91 Å². The lowest BCUT2D eigenvalue weighted by Gasteiger charge is -2.36. The average molecular weight is 465 g/mol. The maximum atomic E-state index is 13.8. The highest BCUT2D eigenvalue weighted by Crippen LogP contribution is 2.38. The Bertz CT molecular complexity index is 1190. The molecule has 1 aliphatic rings. The highest BCUT2D eigenvalue weighted by Gasteiger charge is 2.36. The summed E-state index contributed by atoms with van der Waals surface area (Å²) in [5, 5.41) is 3.21. The Kier molecular flexibility index (Phi) is 6.56. The fourth-order valence-corrected chi connectivity index (χ4v) is 4.38. The molecule has 4 rings (SSSR count). The highest BCUT2D eigenvalue weighted by atomic mass is 35.5. The molecular formula is C26H25ClN2O4. The van der Waals surface area contributed by atoms with Gasteiger partial charge < -0.3 is 14.8 Å². The fourth-order valence-electron chi connectivity index (χ4n) is 4.09. The summed E-state index contributed by atoms with van der Waals surface area (Å²) in [6.45, 7) is 1.98. The predicted octanol–water partition coefficient (Wildman–Crippen LogP) is 5.27. The molecule has 3 aromatic rings. The minimum Gasteiger partial charge on any atom is -0.493 e. The minimum absolute atomic E-state index is 0.242. The van der Waals surface area contributed by atoms with Gasteiger partial charge in [-0.3, -0.25) is 14.5 Å². The van der Waals surface area contributed by atoms with E-state index < -0.39 is 6.04 Å². The van der Waals surface area contributed by atoms with E-state index >= 15 is 0 Å². The second-order valence-electron chi connectivity index (χ2n) is 7.91. The van der Waals surface area contributed by atoms with E-state index in [0.717, 1.165) is 11.1 Å². The molecule has 3 aromatic carbocycles. The van der Waals surface area contributed by atoms with Crippen molar-refractivity contribution in [3.05, 3.63) is 82.4 Å². The zero-order valence-corrected chi connectivity index (χ0v) is 19.5. The van der Waals surface area contributed by atoms with Crippen molar-refractivity contribution in [3.8, 4) is 11.5 Å². The van der Waals surface area contributed by atoms with E-state index in [0.29, 0.717) is 41.3 Å². The van der Waals surface area contributed by atoms with Crippen molar-refractivity contribution >= 4 is 34.8 Å². The lowest BCUT2D eigenvalue weighted by atomic mass is 9.94. The van der Waals surface area contributed by atoms with Crippen LogP contribution in [0.3, 0.4) is 0 Å². The fraction of sp³-hybridized carbons (Fsp3) is 0.231. The molecule has 0 spiro atoms. The van der Waals surface area contributed by atoms with Crippen molar-refractivity contribution in [1.82, 2.24) is 0 Å². The number of anilines is 2. The number of ether oxygens (including phenoxy) is 2. The Morgan fingerprint density at radius 2 is 1.76 bits per heavy atom. The Labute approximate surface area is 198 Å². The van der Waals surface area contributed by atoms with Crippen LogP contribution in [0.25, 0.3) is 0 Å². The Morgan fingerprint density at radius 3 is 2.45 bits per heavy atom. The molecule has 0 radical (unpaired) electrons. The molecule has 1 unspecified atom stereocenters. The van der Waals surface area contributed by atoms with E-state index in [4.69, 9.17) is 21.1 Å². The number of nitrogens with one attached hydrogen (secondary N) is 1. The van der Waals surface area contributed by atoms with E-state index in [1.807, 2.05) is 55.5 Å². The van der Waals surface area contributed by atoms with Crippen molar-refractivity contribution in [1.29, 1.82) is 0 Å². The van der Waals surface area contributed by atoms with Crippen LogP contribution >= 0.6 is 11.6 Å². The number of rotatable bonds is 5. The third-order valence-electron chi connectivity index (χ3n) is 5.77. The molecule has 0 saturated heterocycles. The van der Waals surface area contributed by atoms with Gasteiger partial charge in [-0.1, -0.05) is 47.5 Å². The number of hydrogen-bond acceptors (Lipinski definition) is 4. The van der Waals surface area contributed by atoms with E-state index in [9.17, 15) is 9.59 Å². The number of aryl methyl sites for hydroxylation is 2. The Hall–Kier alpha value is -3.51. The predicted molar refractivity (Wildman–Crippen MR) is 130 cm³/mol. The standard InChI is InChI=1S/C26H25ClN2O4/c1-16-8-11-19(12-9-16)28-25(30)22-13-10-17-6-4-5-7-21(17)29(22)26(31)18-14-20(27)24(33-3)23(15-18)32-2/h4-9,11-12,14-15,22H,10,13H2,1-3H3,(H,28,30). The van der Waals surface area contributed by atoms with E-state index in [1.54, 1.807) is 11.0 Å². The van der Waals surface area contributed by atoms with Crippen LogP contribution in [0.4, 0.5) is 11.4 Å². The number of fused-ring (bicyclic) bond motifs is 1. The van der Waals surface area contributed by atoms with Crippen molar-refractivity contribution in [2.75, 3.05) is 24.4 Å². The van der Waals surface area contributed by atoms with Gasteiger partial charge in [0.2, 0.25) is 5.91 Å². The molecule has 33 heavy (non-hydrogen) atoms. The number of benzene rings is 3. The molecule has 0 saturated carbocycles. The lowest BCUT2D eigenvalue weighted by molar-refractivity contribution is -0.117. The first-order valence-corrected chi connectivity index (χ1v) is 11.0. The van der Waals surface area contributed by atoms with E-state index in [1.165, 1.54) is 20.3 Å². The third-order valence-corrected chi connectivity index (χ3v) is 6.05. The van der Waals surface area contributed by atoms with Crippen LogP contribution in [0.15, 0.2) is 60.7 Å². The molecule has 0 aromatic heterocycles. The lowest BCUT2D eigenvalue weighted by Crippen LogP contribution is -2.50. The highest BCUT2D eigenvalue weighted by molar-refractivity contribution is 6.33. The molecular weight excluding hydrogens is 440 g/mol. The average Bonchev–Trinajstić information content (AvgIpc) is 2.83. The number of para-hydroxylation sites is 1. The van der Waals surface area contributed by atoms with Gasteiger partial charge in [0.05, 0.1) is 19.2 Å². The summed E-state index contributed by atoms with van der Waals surface area (Å²) in [5.41, 5.74) is 3.82. The van der Waals surface area contributed by atoms with Crippen LogP contribution in [0.2, 0.25) is 5.02 Å². The molecule has 1 atom stereocenters. The van der Waals surface area contributed by atoms with Crippen molar-refractivity contribution < 1.29 is 19.1 Å². The second kappa shape index (κ2) is 9.55. The number of amides is 2. The number of carbonyl (C=O) groups excluding carboxylic acids is 2. The van der Waals surface area contributed by atoms with Gasteiger partial charge in [-0.15, -0.1) is 0 Å². The summed E-state index contributed by atoms with van der Waals surface area (Å²) in [4.78, 5) is 28.7. The first-order chi connectivity index (χ1) is 15.9. The molecule has 1 aliphatic heterocycles. The molecule has 7 heteroatoms. The summed E-state index contributed by atoms with van der Waals surface area (Å²) in [6.07, 6.45) is 1.19. The SMILES string of the molecule is COc1cc(C(=O)N2c3ccccc3CCC2C(=O)Nc2ccc(C)cc2)cc(Cl)c1OC. The van der Waals surface area contributed by atoms with Gasteiger partial charge in [-0.2, -0.15) is 0 Å². The van der Waals surface area contributed by atoms with Gasteiger partial charge >= 0.3 is 0 Å². The second-order valence-corrected chi connectivity index (χ2v) is 8.31. The topological polar surface area (TPSA) is 67.9 Å². The van der Waals surface area contributed by atoms with Crippen LogP contribution in [0, 0.1) is 6.92 Å². The number of hydrogen-bond donors (Lipinski definition) is 1. The van der Waals surface area contributed by atoms with Gasteiger partial charge in [0, 0.05) is 16.9 Å². The third kappa shape index (κ3) is 4.52. The van der Waals surface area contributed by atoms with Crippen LogP contribution in [0.1, 0.15) is 27.9 Å². The number of halogens is 1. The molecule has 1 N–H and O–H groups in total. The number of carbonyl (C=O) groups is 2. The first kappa shape index (κ1) is 22.7. The molecule has 0 aliphatic carbocycles. The van der Waals surface area contributed by atoms with Gasteiger partial charge in [-0.05, 0) is 55.7 Å². The van der Waals surface area contributed by atoms with E-state index in [2.05, 4.69) is 5.32 Å². The molecule has 6 nitrogen and oxygen atoms in total. The largest absolute Gasteiger partial charge is 0.493 e.